The van der Waals surface area contributed by atoms with Crippen molar-refractivity contribution >= 4 is 55.9 Å². The predicted molar refractivity (Wildman–Crippen MR) is 148 cm³/mol. The van der Waals surface area contributed by atoms with Crippen LogP contribution in [0.25, 0.3) is 53.9 Å². The lowest BCUT2D eigenvalue weighted by molar-refractivity contribution is 0.0751. The first-order valence-electron chi connectivity index (χ1n) is 11.6. The number of aromatic nitrogens is 4. The molecule has 8 heteroatoms. The summed E-state index contributed by atoms with van der Waals surface area (Å²) in [5.41, 5.74) is 3.96. The predicted octanol–water partition coefficient (Wildman–Crippen LogP) is 7.98. The molecular formula is C27H24N4OS3. The summed E-state index contributed by atoms with van der Waals surface area (Å²) in [5, 5.41) is 7.32. The van der Waals surface area contributed by atoms with Crippen molar-refractivity contribution in [3.05, 3.63) is 64.7 Å². The van der Waals surface area contributed by atoms with E-state index in [1.807, 2.05) is 6.07 Å². The number of imidazole rings is 1. The minimum Gasteiger partial charge on any atom is -0.379 e. The van der Waals surface area contributed by atoms with Crippen LogP contribution < -0.4 is 0 Å². The van der Waals surface area contributed by atoms with Crippen LogP contribution in [0.15, 0.2) is 64.7 Å². The van der Waals surface area contributed by atoms with Crippen LogP contribution in [-0.2, 0) is 11.3 Å². The smallest absolute Gasteiger partial charge is 0.170 e. The average molecular weight is 517 g/mol. The third-order valence-electron chi connectivity index (χ3n) is 5.78. The molecule has 35 heavy (non-hydrogen) atoms. The molecular weight excluding hydrogens is 493 g/mol. The van der Waals surface area contributed by atoms with Crippen LogP contribution in [0.3, 0.4) is 0 Å². The van der Waals surface area contributed by atoms with Gasteiger partial charge in [-0.05, 0) is 66.7 Å². The lowest BCUT2D eigenvalue weighted by atomic mass is 10.1. The van der Waals surface area contributed by atoms with E-state index < -0.39 is 0 Å². The van der Waals surface area contributed by atoms with Gasteiger partial charge in [0.2, 0.25) is 0 Å². The normalized spacial score (nSPS) is 11.9. The van der Waals surface area contributed by atoms with E-state index in [0.29, 0.717) is 0 Å². The van der Waals surface area contributed by atoms with Crippen molar-refractivity contribution < 1.29 is 4.74 Å². The Morgan fingerprint density at radius 1 is 0.829 bits per heavy atom. The number of nitrogens with zero attached hydrogens (tertiary/aromatic N) is 4. The lowest BCUT2D eigenvalue weighted by Gasteiger charge is -2.11. The SMILES string of the molecule is CC(C)OCCCn1c(-c2cccs2)nc2cc3nc(-c4cccs4)nc(-c4cccs4)c3cc21. The summed E-state index contributed by atoms with van der Waals surface area (Å²) in [7, 11) is 0. The van der Waals surface area contributed by atoms with E-state index in [4.69, 9.17) is 19.7 Å². The molecule has 0 bridgehead atoms. The molecule has 0 N–H and O–H groups in total. The first-order valence-corrected chi connectivity index (χ1v) is 14.3. The molecule has 5 heterocycles. The van der Waals surface area contributed by atoms with Gasteiger partial charge in [0.15, 0.2) is 11.6 Å². The number of benzene rings is 1. The standard InChI is InChI=1S/C27H24N4OS3/c1-17(2)32-11-6-10-31-21-15-18-19(16-20(21)29-27(31)24-9-5-14-35-24)28-26(23-8-4-13-34-23)30-25(18)22-7-3-12-33-22/h3-5,7-9,12-17H,6,10-11H2,1-2H3. The minimum absolute atomic E-state index is 0.235. The van der Waals surface area contributed by atoms with Crippen LogP contribution in [0.1, 0.15) is 20.3 Å². The highest BCUT2D eigenvalue weighted by Gasteiger charge is 2.18. The van der Waals surface area contributed by atoms with Crippen molar-refractivity contribution in [1.29, 1.82) is 0 Å². The molecule has 1 aromatic carbocycles. The number of fused-ring (bicyclic) bond motifs is 2. The Hall–Kier alpha value is -2.91. The molecule has 176 valence electrons. The van der Waals surface area contributed by atoms with Gasteiger partial charge in [-0.3, -0.25) is 0 Å². The summed E-state index contributed by atoms with van der Waals surface area (Å²) < 4.78 is 8.15. The largest absolute Gasteiger partial charge is 0.379 e. The zero-order valence-electron chi connectivity index (χ0n) is 19.5. The van der Waals surface area contributed by atoms with Crippen molar-refractivity contribution in [2.45, 2.75) is 32.9 Å². The molecule has 0 aliphatic heterocycles. The molecule has 0 unspecified atom stereocenters. The molecule has 0 aliphatic carbocycles. The maximum atomic E-state index is 5.82. The average Bonchev–Trinajstić information content (AvgIpc) is 3.67. The van der Waals surface area contributed by atoms with Gasteiger partial charge in [-0.2, -0.15) is 0 Å². The van der Waals surface area contributed by atoms with Gasteiger partial charge in [0.25, 0.3) is 0 Å². The molecule has 0 amide bonds. The van der Waals surface area contributed by atoms with Crippen LogP contribution >= 0.6 is 34.0 Å². The van der Waals surface area contributed by atoms with Gasteiger partial charge in [0.1, 0.15) is 0 Å². The summed E-state index contributed by atoms with van der Waals surface area (Å²) in [6.07, 6.45) is 1.16. The first-order chi connectivity index (χ1) is 17.2. The van der Waals surface area contributed by atoms with Crippen molar-refractivity contribution in [1.82, 2.24) is 19.5 Å². The van der Waals surface area contributed by atoms with E-state index in [9.17, 15) is 0 Å². The van der Waals surface area contributed by atoms with Gasteiger partial charge in [0.05, 0.1) is 43.0 Å². The summed E-state index contributed by atoms with van der Waals surface area (Å²) in [5.74, 6) is 1.76. The van der Waals surface area contributed by atoms with Gasteiger partial charge < -0.3 is 9.30 Å². The maximum absolute atomic E-state index is 5.82. The Morgan fingerprint density at radius 3 is 2.23 bits per heavy atom. The molecule has 0 atom stereocenters. The Kier molecular flexibility index (Phi) is 6.20. The summed E-state index contributed by atoms with van der Waals surface area (Å²) in [6, 6.07) is 16.9. The van der Waals surface area contributed by atoms with Crippen molar-refractivity contribution in [2.75, 3.05) is 6.61 Å². The molecule has 0 fully saturated rings. The lowest BCUT2D eigenvalue weighted by Crippen LogP contribution is -2.08. The van der Waals surface area contributed by atoms with E-state index in [-0.39, 0.29) is 6.10 Å². The summed E-state index contributed by atoms with van der Waals surface area (Å²) in [6.45, 7) is 5.71. The van der Waals surface area contributed by atoms with Crippen LogP contribution in [0, 0.1) is 0 Å². The number of aryl methyl sites for hydroxylation is 1. The fourth-order valence-corrected chi connectivity index (χ4v) is 6.33. The van der Waals surface area contributed by atoms with Crippen LogP contribution in [0.5, 0.6) is 0 Å². The van der Waals surface area contributed by atoms with Crippen molar-refractivity contribution in [2.24, 2.45) is 0 Å². The molecule has 0 spiro atoms. The number of hydrogen-bond acceptors (Lipinski definition) is 7. The second kappa shape index (κ2) is 9.62. The minimum atomic E-state index is 0.235. The summed E-state index contributed by atoms with van der Waals surface area (Å²) >= 11 is 5.08. The zero-order valence-corrected chi connectivity index (χ0v) is 21.9. The van der Waals surface area contributed by atoms with E-state index in [1.165, 1.54) is 4.88 Å². The highest BCUT2D eigenvalue weighted by molar-refractivity contribution is 7.14. The molecule has 5 aromatic heterocycles. The first kappa shape index (κ1) is 22.5. The molecule has 6 aromatic rings. The van der Waals surface area contributed by atoms with Gasteiger partial charge in [-0.25, -0.2) is 15.0 Å². The zero-order chi connectivity index (χ0) is 23.8. The van der Waals surface area contributed by atoms with Crippen LogP contribution in [-0.4, -0.2) is 32.2 Å². The van der Waals surface area contributed by atoms with E-state index in [1.54, 1.807) is 34.0 Å². The van der Waals surface area contributed by atoms with Gasteiger partial charge in [0, 0.05) is 18.5 Å². The highest BCUT2D eigenvalue weighted by atomic mass is 32.1. The molecule has 5 nitrogen and oxygen atoms in total. The van der Waals surface area contributed by atoms with Gasteiger partial charge >= 0.3 is 0 Å². The fraction of sp³-hybridized carbons (Fsp3) is 0.222. The topological polar surface area (TPSA) is 52.8 Å². The molecule has 6 rings (SSSR count). The number of thiophene rings is 3. The number of rotatable bonds is 8. The number of hydrogen-bond donors (Lipinski definition) is 0. The van der Waals surface area contributed by atoms with Gasteiger partial charge in [-0.15, -0.1) is 34.0 Å². The van der Waals surface area contributed by atoms with Crippen molar-refractivity contribution in [3.8, 4) is 32.0 Å². The van der Waals surface area contributed by atoms with E-state index in [2.05, 4.69) is 77.0 Å². The second-order valence-corrected chi connectivity index (χ2v) is 11.4. The molecule has 0 aliphatic rings. The summed E-state index contributed by atoms with van der Waals surface area (Å²) in [4.78, 5) is 18.5. The highest BCUT2D eigenvalue weighted by Crippen LogP contribution is 2.36. The van der Waals surface area contributed by atoms with Crippen LogP contribution in [0.4, 0.5) is 0 Å². The molecule has 0 saturated carbocycles. The van der Waals surface area contributed by atoms with E-state index in [0.717, 1.165) is 68.6 Å². The van der Waals surface area contributed by atoms with Gasteiger partial charge in [-0.1, -0.05) is 18.2 Å². The number of ether oxygens (including phenoxy) is 1. The monoisotopic (exact) mass is 516 g/mol. The third-order valence-corrected chi connectivity index (χ3v) is 8.39. The quantitative estimate of drug-likeness (QED) is 0.192. The van der Waals surface area contributed by atoms with Crippen molar-refractivity contribution in [3.63, 3.8) is 0 Å². The second-order valence-electron chi connectivity index (χ2n) is 8.55. The third kappa shape index (κ3) is 4.43. The Labute approximate surface area is 215 Å². The molecule has 0 radical (unpaired) electrons. The van der Waals surface area contributed by atoms with E-state index >= 15 is 0 Å². The maximum Gasteiger partial charge on any atom is 0.170 e. The Morgan fingerprint density at radius 2 is 1.54 bits per heavy atom. The Bertz CT molecular complexity index is 1570. The Balaban J connectivity index is 1.55. The molecule has 0 saturated heterocycles. The van der Waals surface area contributed by atoms with Crippen LogP contribution in [0.2, 0.25) is 0 Å². The fourth-order valence-electron chi connectivity index (χ4n) is 4.23.